The highest BCUT2D eigenvalue weighted by Gasteiger charge is 2.20. The Kier molecular flexibility index (Phi) is 6.55. The average Bonchev–Trinajstić information content (AvgIpc) is 2.84. The number of primary amides is 1. The molecule has 0 aliphatic heterocycles. The molecule has 0 aliphatic rings. The lowest BCUT2D eigenvalue weighted by Gasteiger charge is -2.16. The Labute approximate surface area is 154 Å². The SMILES string of the molecule is Cc1nn(CC(C)C)c(C)c1CCC(=O)NC(C(N)=O)c1ccccc1. The molecule has 2 amide bonds. The highest BCUT2D eigenvalue weighted by atomic mass is 16.2. The lowest BCUT2D eigenvalue weighted by Crippen LogP contribution is -2.37. The molecule has 6 heteroatoms. The Morgan fingerprint density at radius 1 is 1.19 bits per heavy atom. The Hall–Kier alpha value is -2.63. The summed E-state index contributed by atoms with van der Waals surface area (Å²) in [5, 5.41) is 7.32. The van der Waals surface area contributed by atoms with Crippen LogP contribution in [0.3, 0.4) is 0 Å². The first-order valence-electron chi connectivity index (χ1n) is 8.96. The molecule has 6 nitrogen and oxygen atoms in total. The van der Waals surface area contributed by atoms with Gasteiger partial charge in [-0.1, -0.05) is 44.2 Å². The molecule has 1 atom stereocenters. The number of aryl methyl sites for hydroxylation is 1. The number of hydrogen-bond donors (Lipinski definition) is 2. The smallest absolute Gasteiger partial charge is 0.244 e. The van der Waals surface area contributed by atoms with E-state index >= 15 is 0 Å². The zero-order valence-electron chi connectivity index (χ0n) is 16.0. The first kappa shape index (κ1) is 19.7. The van der Waals surface area contributed by atoms with Gasteiger partial charge >= 0.3 is 0 Å². The van der Waals surface area contributed by atoms with Crippen molar-refractivity contribution in [3.63, 3.8) is 0 Å². The van der Waals surface area contributed by atoms with Crippen molar-refractivity contribution in [3.8, 4) is 0 Å². The van der Waals surface area contributed by atoms with Crippen molar-refractivity contribution >= 4 is 11.8 Å². The monoisotopic (exact) mass is 356 g/mol. The van der Waals surface area contributed by atoms with Crippen molar-refractivity contribution in [2.24, 2.45) is 11.7 Å². The number of benzene rings is 1. The number of carbonyl (C=O) groups is 2. The summed E-state index contributed by atoms with van der Waals surface area (Å²) in [5.41, 5.74) is 9.28. The minimum Gasteiger partial charge on any atom is -0.368 e. The molecule has 0 fully saturated rings. The molecule has 3 N–H and O–H groups in total. The van der Waals surface area contributed by atoms with Crippen LogP contribution in [-0.2, 0) is 22.6 Å². The van der Waals surface area contributed by atoms with Gasteiger partial charge in [-0.15, -0.1) is 0 Å². The topological polar surface area (TPSA) is 90.0 Å². The van der Waals surface area contributed by atoms with E-state index < -0.39 is 11.9 Å². The van der Waals surface area contributed by atoms with Crippen molar-refractivity contribution in [2.75, 3.05) is 0 Å². The van der Waals surface area contributed by atoms with Crippen LogP contribution in [0.25, 0.3) is 0 Å². The van der Waals surface area contributed by atoms with Crippen LogP contribution in [0.4, 0.5) is 0 Å². The summed E-state index contributed by atoms with van der Waals surface area (Å²) in [6, 6.07) is 8.22. The zero-order valence-corrected chi connectivity index (χ0v) is 16.0. The Morgan fingerprint density at radius 3 is 2.42 bits per heavy atom. The van der Waals surface area contributed by atoms with Crippen LogP contribution in [0.1, 0.15) is 48.8 Å². The third-order valence-electron chi connectivity index (χ3n) is 4.39. The molecule has 0 aliphatic carbocycles. The maximum atomic E-state index is 12.4. The third-order valence-corrected chi connectivity index (χ3v) is 4.39. The lowest BCUT2D eigenvalue weighted by molar-refractivity contribution is -0.127. The number of amides is 2. The van der Waals surface area contributed by atoms with Gasteiger partial charge in [-0.3, -0.25) is 14.3 Å². The van der Waals surface area contributed by atoms with Crippen LogP contribution in [0, 0.1) is 19.8 Å². The number of nitrogens with one attached hydrogen (secondary N) is 1. The first-order chi connectivity index (χ1) is 12.3. The summed E-state index contributed by atoms with van der Waals surface area (Å²) in [7, 11) is 0. The van der Waals surface area contributed by atoms with Crippen molar-refractivity contribution in [1.82, 2.24) is 15.1 Å². The Balaban J connectivity index is 2.02. The van der Waals surface area contributed by atoms with Crippen LogP contribution in [-0.4, -0.2) is 21.6 Å². The van der Waals surface area contributed by atoms with Gasteiger partial charge in [0.25, 0.3) is 0 Å². The van der Waals surface area contributed by atoms with Crippen LogP contribution >= 0.6 is 0 Å². The molecule has 0 radical (unpaired) electrons. The fraction of sp³-hybridized carbons (Fsp3) is 0.450. The number of carbonyl (C=O) groups excluding carboxylic acids is 2. The van der Waals surface area contributed by atoms with E-state index in [0.717, 1.165) is 23.5 Å². The van der Waals surface area contributed by atoms with Gasteiger partial charge in [-0.25, -0.2) is 0 Å². The molecule has 1 aromatic heterocycles. The fourth-order valence-electron chi connectivity index (χ4n) is 3.06. The lowest BCUT2D eigenvalue weighted by atomic mass is 10.0. The third kappa shape index (κ3) is 4.94. The summed E-state index contributed by atoms with van der Waals surface area (Å²) in [5.74, 6) is -0.263. The summed E-state index contributed by atoms with van der Waals surface area (Å²) in [4.78, 5) is 24.1. The first-order valence-corrected chi connectivity index (χ1v) is 8.96. The van der Waals surface area contributed by atoms with Gasteiger partial charge in [-0.05, 0) is 37.3 Å². The van der Waals surface area contributed by atoms with E-state index in [4.69, 9.17) is 5.73 Å². The molecule has 1 aromatic carbocycles. The largest absolute Gasteiger partial charge is 0.368 e. The van der Waals surface area contributed by atoms with Crippen molar-refractivity contribution < 1.29 is 9.59 Å². The van der Waals surface area contributed by atoms with E-state index in [2.05, 4.69) is 24.3 Å². The quantitative estimate of drug-likeness (QED) is 0.761. The predicted octanol–water partition coefficient (Wildman–Crippen LogP) is 2.43. The maximum absolute atomic E-state index is 12.4. The highest BCUT2D eigenvalue weighted by Crippen LogP contribution is 2.17. The number of hydrogen-bond acceptors (Lipinski definition) is 3. The number of nitrogens with two attached hydrogens (primary N) is 1. The second-order valence-corrected chi connectivity index (χ2v) is 7.04. The molecule has 0 bridgehead atoms. The van der Waals surface area contributed by atoms with Crippen molar-refractivity contribution in [3.05, 3.63) is 52.8 Å². The Bertz CT molecular complexity index is 766. The van der Waals surface area contributed by atoms with Gasteiger partial charge in [-0.2, -0.15) is 5.10 Å². The molecule has 2 aromatic rings. The van der Waals surface area contributed by atoms with Gasteiger partial charge in [0.05, 0.1) is 5.69 Å². The van der Waals surface area contributed by atoms with E-state index in [9.17, 15) is 9.59 Å². The highest BCUT2D eigenvalue weighted by molar-refractivity contribution is 5.87. The second-order valence-electron chi connectivity index (χ2n) is 7.04. The summed E-state index contributed by atoms with van der Waals surface area (Å²) < 4.78 is 2.00. The molecule has 1 unspecified atom stereocenters. The van der Waals surface area contributed by atoms with Crippen molar-refractivity contribution in [1.29, 1.82) is 0 Å². The Morgan fingerprint density at radius 2 is 1.85 bits per heavy atom. The van der Waals surface area contributed by atoms with E-state index in [0.29, 0.717) is 17.9 Å². The molecule has 0 saturated heterocycles. The second kappa shape index (κ2) is 8.65. The van der Waals surface area contributed by atoms with Crippen LogP contribution in [0.2, 0.25) is 0 Å². The summed E-state index contributed by atoms with van der Waals surface area (Å²) in [6.45, 7) is 9.16. The molecular formula is C20H28N4O2. The van der Waals surface area contributed by atoms with Gasteiger partial charge < -0.3 is 11.1 Å². The van der Waals surface area contributed by atoms with E-state index in [1.165, 1.54) is 0 Å². The molecule has 0 spiro atoms. The minimum atomic E-state index is -0.811. The van der Waals surface area contributed by atoms with Crippen LogP contribution in [0.5, 0.6) is 0 Å². The van der Waals surface area contributed by atoms with Gasteiger partial charge in [0.1, 0.15) is 6.04 Å². The van der Waals surface area contributed by atoms with Crippen LogP contribution in [0.15, 0.2) is 30.3 Å². The van der Waals surface area contributed by atoms with Gasteiger partial charge in [0.15, 0.2) is 0 Å². The van der Waals surface area contributed by atoms with Crippen molar-refractivity contribution in [2.45, 2.75) is 53.1 Å². The molecule has 0 saturated carbocycles. The predicted molar refractivity (Wildman–Crippen MR) is 101 cm³/mol. The molecular weight excluding hydrogens is 328 g/mol. The summed E-state index contributed by atoms with van der Waals surface area (Å²) >= 11 is 0. The van der Waals surface area contributed by atoms with E-state index in [1.54, 1.807) is 12.1 Å². The van der Waals surface area contributed by atoms with Gasteiger partial charge in [0.2, 0.25) is 11.8 Å². The zero-order chi connectivity index (χ0) is 19.3. The standard InChI is InChI=1S/C20H28N4O2/c1-13(2)12-24-15(4)17(14(3)23-24)10-11-18(25)22-19(20(21)26)16-8-6-5-7-9-16/h5-9,13,19H,10-12H2,1-4H3,(H2,21,26)(H,22,25). The fourth-order valence-corrected chi connectivity index (χ4v) is 3.06. The maximum Gasteiger partial charge on any atom is 0.244 e. The van der Waals surface area contributed by atoms with Crippen LogP contribution < -0.4 is 11.1 Å². The van der Waals surface area contributed by atoms with E-state index in [-0.39, 0.29) is 12.3 Å². The minimum absolute atomic E-state index is 0.201. The molecule has 140 valence electrons. The summed E-state index contributed by atoms with van der Waals surface area (Å²) in [6.07, 6.45) is 0.869. The van der Waals surface area contributed by atoms with E-state index in [1.807, 2.05) is 36.7 Å². The normalized spacial score (nSPS) is 12.2. The number of nitrogens with zero attached hydrogens (tertiary/aromatic N) is 2. The average molecular weight is 356 g/mol. The number of rotatable bonds is 8. The van der Waals surface area contributed by atoms with Gasteiger partial charge in [0, 0.05) is 18.7 Å². The molecule has 2 rings (SSSR count). The molecule has 1 heterocycles. The number of aromatic nitrogens is 2. The molecule has 26 heavy (non-hydrogen) atoms.